The monoisotopic (exact) mass is 538 g/mol. The molecule has 0 spiro atoms. The standard InChI is InChI=1S/C19H25F3N6O.HI/c1-2-23-17(24-10-8-15(29)14-6-4-3-5-7-14)26-12-13-27-18-25-11-9-16(28-18)19(20,21)22;/h3-7,9,11,15,29H,2,8,10,12-13H2,1H3,(H2,23,24,26)(H,25,27,28);1H. The van der Waals surface area contributed by atoms with Gasteiger partial charge in [0.25, 0.3) is 0 Å². The van der Waals surface area contributed by atoms with E-state index in [9.17, 15) is 18.3 Å². The number of aliphatic hydroxyl groups is 1. The third kappa shape index (κ3) is 9.11. The Balaban J connectivity index is 0.00000450. The number of benzene rings is 1. The Morgan fingerprint density at radius 1 is 1.13 bits per heavy atom. The van der Waals surface area contributed by atoms with Crippen molar-refractivity contribution in [1.82, 2.24) is 20.6 Å². The van der Waals surface area contributed by atoms with Gasteiger partial charge in [-0.3, -0.25) is 4.99 Å². The minimum absolute atomic E-state index is 0. The number of nitrogens with one attached hydrogen (secondary N) is 3. The Bertz CT molecular complexity index is 776. The molecule has 2 rings (SSSR count). The molecular formula is C19H26F3IN6O. The zero-order chi connectivity index (χ0) is 21.1. The molecule has 0 aliphatic rings. The molecule has 1 heterocycles. The summed E-state index contributed by atoms with van der Waals surface area (Å²) in [4.78, 5) is 11.6. The molecule has 30 heavy (non-hydrogen) atoms. The van der Waals surface area contributed by atoms with Crippen molar-refractivity contribution in [3.8, 4) is 0 Å². The van der Waals surface area contributed by atoms with Crippen molar-refractivity contribution in [2.45, 2.75) is 25.6 Å². The van der Waals surface area contributed by atoms with E-state index in [2.05, 4.69) is 30.9 Å². The largest absolute Gasteiger partial charge is 0.433 e. The number of hydrogen-bond acceptors (Lipinski definition) is 5. The van der Waals surface area contributed by atoms with Crippen molar-refractivity contribution in [1.29, 1.82) is 0 Å². The number of alkyl halides is 3. The number of anilines is 1. The Morgan fingerprint density at radius 3 is 2.53 bits per heavy atom. The Kier molecular flexibility index (Phi) is 11.4. The molecule has 2 aromatic rings. The molecular weight excluding hydrogens is 512 g/mol. The zero-order valence-electron chi connectivity index (χ0n) is 16.5. The first-order valence-corrected chi connectivity index (χ1v) is 9.29. The van der Waals surface area contributed by atoms with Gasteiger partial charge in [-0.2, -0.15) is 13.2 Å². The SMILES string of the molecule is CCNC(=NCCC(O)c1ccccc1)NCCNc1nccc(C(F)(F)F)n1.I. The Morgan fingerprint density at radius 2 is 1.87 bits per heavy atom. The summed E-state index contributed by atoms with van der Waals surface area (Å²) in [7, 11) is 0. The first-order valence-electron chi connectivity index (χ1n) is 9.29. The van der Waals surface area contributed by atoms with Crippen molar-refractivity contribution in [2.24, 2.45) is 4.99 Å². The fourth-order valence-corrected chi connectivity index (χ4v) is 2.44. The van der Waals surface area contributed by atoms with Gasteiger partial charge in [0.2, 0.25) is 5.95 Å². The van der Waals surface area contributed by atoms with Crippen LogP contribution in [0.25, 0.3) is 0 Å². The Labute approximate surface area is 190 Å². The van der Waals surface area contributed by atoms with E-state index in [4.69, 9.17) is 0 Å². The lowest BCUT2D eigenvalue weighted by Gasteiger charge is -2.13. The van der Waals surface area contributed by atoms with Crippen molar-refractivity contribution >= 4 is 35.9 Å². The molecule has 166 valence electrons. The lowest BCUT2D eigenvalue weighted by atomic mass is 10.1. The van der Waals surface area contributed by atoms with E-state index in [0.29, 0.717) is 38.6 Å². The van der Waals surface area contributed by atoms with Crippen molar-refractivity contribution in [3.63, 3.8) is 0 Å². The van der Waals surface area contributed by atoms with Gasteiger partial charge in [0, 0.05) is 32.4 Å². The number of aliphatic imine (C=N–C) groups is 1. The molecule has 11 heteroatoms. The van der Waals surface area contributed by atoms with Crippen LogP contribution in [0.3, 0.4) is 0 Å². The minimum atomic E-state index is -4.51. The van der Waals surface area contributed by atoms with E-state index in [0.717, 1.165) is 17.8 Å². The topological polar surface area (TPSA) is 94.5 Å². The molecule has 0 radical (unpaired) electrons. The van der Waals surface area contributed by atoms with Gasteiger partial charge >= 0.3 is 6.18 Å². The molecule has 1 aromatic heterocycles. The van der Waals surface area contributed by atoms with E-state index in [1.807, 2.05) is 37.3 Å². The molecule has 0 fully saturated rings. The fraction of sp³-hybridized carbons (Fsp3) is 0.421. The Hall–Kier alpha value is -2.15. The molecule has 0 aliphatic heterocycles. The summed E-state index contributed by atoms with van der Waals surface area (Å²) in [6.07, 6.45) is -3.57. The maximum atomic E-state index is 12.7. The second-order valence-corrected chi connectivity index (χ2v) is 6.09. The van der Waals surface area contributed by atoms with Crippen LogP contribution in [0.15, 0.2) is 47.6 Å². The number of aromatic nitrogens is 2. The number of rotatable bonds is 9. The van der Waals surface area contributed by atoms with Crippen LogP contribution in [-0.2, 0) is 6.18 Å². The maximum absolute atomic E-state index is 12.7. The first-order chi connectivity index (χ1) is 13.9. The molecule has 0 aliphatic carbocycles. The predicted molar refractivity (Wildman–Crippen MR) is 121 cm³/mol. The van der Waals surface area contributed by atoms with Gasteiger partial charge in [-0.25, -0.2) is 9.97 Å². The minimum Gasteiger partial charge on any atom is -0.388 e. The first kappa shape index (κ1) is 25.9. The summed E-state index contributed by atoms with van der Waals surface area (Å²) in [5, 5.41) is 19.1. The maximum Gasteiger partial charge on any atom is 0.433 e. The molecule has 4 N–H and O–H groups in total. The van der Waals surface area contributed by atoms with Gasteiger partial charge in [-0.1, -0.05) is 30.3 Å². The predicted octanol–water partition coefficient (Wildman–Crippen LogP) is 3.20. The van der Waals surface area contributed by atoms with Gasteiger partial charge in [-0.05, 0) is 25.0 Å². The average Bonchev–Trinajstić information content (AvgIpc) is 2.71. The summed E-state index contributed by atoms with van der Waals surface area (Å²) in [6.45, 7) is 3.68. The van der Waals surface area contributed by atoms with Crippen molar-refractivity contribution < 1.29 is 18.3 Å². The summed E-state index contributed by atoms with van der Waals surface area (Å²) >= 11 is 0. The van der Waals surface area contributed by atoms with Crippen LogP contribution in [0.4, 0.5) is 19.1 Å². The van der Waals surface area contributed by atoms with Gasteiger partial charge in [0.15, 0.2) is 5.96 Å². The van der Waals surface area contributed by atoms with Gasteiger partial charge in [0.1, 0.15) is 5.69 Å². The van der Waals surface area contributed by atoms with E-state index in [1.54, 1.807) is 0 Å². The highest BCUT2D eigenvalue weighted by molar-refractivity contribution is 14.0. The molecule has 1 unspecified atom stereocenters. The average molecular weight is 538 g/mol. The number of hydrogen-bond donors (Lipinski definition) is 4. The van der Waals surface area contributed by atoms with Crippen LogP contribution < -0.4 is 16.0 Å². The summed E-state index contributed by atoms with van der Waals surface area (Å²) in [6, 6.07) is 10.2. The van der Waals surface area contributed by atoms with Crippen LogP contribution in [0.5, 0.6) is 0 Å². The van der Waals surface area contributed by atoms with Crippen LogP contribution in [0.2, 0.25) is 0 Å². The lowest BCUT2D eigenvalue weighted by molar-refractivity contribution is -0.141. The van der Waals surface area contributed by atoms with Crippen LogP contribution in [0, 0.1) is 0 Å². The highest BCUT2D eigenvalue weighted by atomic mass is 127. The molecule has 1 atom stereocenters. The molecule has 0 amide bonds. The van der Waals surface area contributed by atoms with Crippen LogP contribution >= 0.6 is 24.0 Å². The van der Waals surface area contributed by atoms with E-state index in [-0.39, 0.29) is 29.9 Å². The summed E-state index contributed by atoms with van der Waals surface area (Å²) in [5.41, 5.74) is -0.152. The molecule has 0 saturated carbocycles. The number of aliphatic hydroxyl groups excluding tert-OH is 1. The van der Waals surface area contributed by atoms with E-state index >= 15 is 0 Å². The highest BCUT2D eigenvalue weighted by Gasteiger charge is 2.32. The third-order valence-corrected chi connectivity index (χ3v) is 3.85. The van der Waals surface area contributed by atoms with Gasteiger partial charge in [0.05, 0.1) is 6.10 Å². The summed E-state index contributed by atoms with van der Waals surface area (Å²) < 4.78 is 38.0. The van der Waals surface area contributed by atoms with Gasteiger partial charge in [-0.15, -0.1) is 24.0 Å². The lowest BCUT2D eigenvalue weighted by Crippen LogP contribution is -2.39. The van der Waals surface area contributed by atoms with Crippen LogP contribution in [-0.4, -0.2) is 47.2 Å². The van der Waals surface area contributed by atoms with Crippen molar-refractivity contribution in [3.05, 3.63) is 53.9 Å². The molecule has 7 nitrogen and oxygen atoms in total. The molecule has 0 saturated heterocycles. The smallest absolute Gasteiger partial charge is 0.388 e. The van der Waals surface area contributed by atoms with E-state index < -0.39 is 18.0 Å². The summed E-state index contributed by atoms with van der Waals surface area (Å²) in [5.74, 6) is 0.467. The fourth-order valence-electron chi connectivity index (χ4n) is 2.44. The number of guanidine groups is 1. The number of halogens is 4. The molecule has 1 aromatic carbocycles. The second kappa shape index (κ2) is 13.2. The van der Waals surface area contributed by atoms with Gasteiger partial charge < -0.3 is 21.1 Å². The third-order valence-electron chi connectivity index (χ3n) is 3.85. The normalized spacial score (nSPS) is 12.6. The quantitative estimate of drug-likeness (QED) is 0.170. The van der Waals surface area contributed by atoms with Crippen molar-refractivity contribution in [2.75, 3.05) is 31.5 Å². The second-order valence-electron chi connectivity index (χ2n) is 6.09. The zero-order valence-corrected chi connectivity index (χ0v) is 18.8. The number of nitrogens with zero attached hydrogens (tertiary/aromatic N) is 3. The van der Waals surface area contributed by atoms with E-state index in [1.165, 1.54) is 0 Å². The molecule has 0 bridgehead atoms. The van der Waals surface area contributed by atoms with Crippen LogP contribution in [0.1, 0.15) is 30.7 Å². The highest BCUT2D eigenvalue weighted by Crippen LogP contribution is 2.27.